The molecule has 2 aromatic carbocycles. The average Bonchev–Trinajstić information content (AvgIpc) is 2.39. The highest BCUT2D eigenvalue weighted by molar-refractivity contribution is 9.10. The van der Waals surface area contributed by atoms with Crippen LogP contribution in [0.3, 0.4) is 0 Å². The summed E-state index contributed by atoms with van der Waals surface area (Å²) in [6.45, 7) is 0.974. The molecule has 0 unspecified atom stereocenters. The number of hydrogen-bond donors (Lipinski definition) is 1. The SMILES string of the molecule is NCc1cccc(Br)c1OCc1ccccc1Br. The maximum atomic E-state index is 5.87. The van der Waals surface area contributed by atoms with Crippen LogP contribution in [0.25, 0.3) is 0 Å². The fraction of sp³-hybridized carbons (Fsp3) is 0.143. The largest absolute Gasteiger partial charge is 0.487 e. The van der Waals surface area contributed by atoms with Crippen LogP contribution in [-0.2, 0) is 13.2 Å². The number of halogens is 2. The molecule has 0 radical (unpaired) electrons. The average molecular weight is 371 g/mol. The molecule has 18 heavy (non-hydrogen) atoms. The summed E-state index contributed by atoms with van der Waals surface area (Å²) in [7, 11) is 0. The van der Waals surface area contributed by atoms with Gasteiger partial charge in [0.25, 0.3) is 0 Å². The number of benzene rings is 2. The van der Waals surface area contributed by atoms with Crippen molar-refractivity contribution in [1.82, 2.24) is 0 Å². The van der Waals surface area contributed by atoms with Gasteiger partial charge in [0.2, 0.25) is 0 Å². The maximum Gasteiger partial charge on any atom is 0.138 e. The second kappa shape index (κ2) is 6.36. The van der Waals surface area contributed by atoms with Crippen LogP contribution in [0, 0.1) is 0 Å². The maximum absolute atomic E-state index is 5.87. The van der Waals surface area contributed by atoms with E-state index in [2.05, 4.69) is 31.9 Å². The zero-order chi connectivity index (χ0) is 13.0. The van der Waals surface area contributed by atoms with Crippen molar-refractivity contribution in [2.24, 2.45) is 5.73 Å². The summed E-state index contributed by atoms with van der Waals surface area (Å²) in [5.41, 5.74) is 7.81. The monoisotopic (exact) mass is 369 g/mol. The van der Waals surface area contributed by atoms with E-state index < -0.39 is 0 Å². The van der Waals surface area contributed by atoms with Crippen LogP contribution in [0.15, 0.2) is 51.4 Å². The molecule has 0 bridgehead atoms. The van der Waals surface area contributed by atoms with Crippen LogP contribution in [0.2, 0.25) is 0 Å². The van der Waals surface area contributed by atoms with Crippen molar-refractivity contribution in [3.05, 3.63) is 62.5 Å². The molecule has 0 amide bonds. The second-order valence-electron chi connectivity index (χ2n) is 3.81. The lowest BCUT2D eigenvalue weighted by Gasteiger charge is -2.13. The first-order chi connectivity index (χ1) is 8.72. The zero-order valence-corrected chi connectivity index (χ0v) is 12.9. The molecule has 0 aliphatic rings. The van der Waals surface area contributed by atoms with Gasteiger partial charge in [0, 0.05) is 22.1 Å². The predicted molar refractivity (Wildman–Crippen MR) is 80.5 cm³/mol. The molecule has 2 aromatic rings. The lowest BCUT2D eigenvalue weighted by molar-refractivity contribution is 0.300. The Hall–Kier alpha value is -0.840. The van der Waals surface area contributed by atoms with E-state index in [1.807, 2.05) is 42.5 Å². The standard InChI is InChI=1S/C14H13Br2NO/c15-12-6-2-1-4-11(12)9-18-14-10(8-17)5-3-7-13(14)16/h1-7H,8-9,17H2. The molecule has 0 aromatic heterocycles. The molecule has 0 heterocycles. The smallest absolute Gasteiger partial charge is 0.138 e. The van der Waals surface area contributed by atoms with E-state index in [0.717, 1.165) is 25.8 Å². The van der Waals surface area contributed by atoms with Crippen LogP contribution in [0.4, 0.5) is 0 Å². The van der Waals surface area contributed by atoms with Gasteiger partial charge in [0.15, 0.2) is 0 Å². The lowest BCUT2D eigenvalue weighted by Crippen LogP contribution is -2.03. The molecule has 0 atom stereocenters. The normalized spacial score (nSPS) is 10.4. The Bertz CT molecular complexity index is 543. The van der Waals surface area contributed by atoms with Gasteiger partial charge in [-0.2, -0.15) is 0 Å². The third-order valence-corrected chi connectivity index (χ3v) is 4.00. The third kappa shape index (κ3) is 3.13. The number of ether oxygens (including phenoxy) is 1. The van der Waals surface area contributed by atoms with E-state index in [0.29, 0.717) is 13.2 Å². The minimum Gasteiger partial charge on any atom is -0.487 e. The molecule has 0 aliphatic heterocycles. The fourth-order valence-electron chi connectivity index (χ4n) is 1.64. The van der Waals surface area contributed by atoms with Crippen LogP contribution in [-0.4, -0.2) is 0 Å². The van der Waals surface area contributed by atoms with E-state index in [9.17, 15) is 0 Å². The summed E-state index contributed by atoms with van der Waals surface area (Å²) in [5, 5.41) is 0. The first-order valence-electron chi connectivity index (χ1n) is 5.56. The molecule has 0 spiro atoms. The Kier molecular flexibility index (Phi) is 4.80. The Morgan fingerprint density at radius 3 is 2.28 bits per heavy atom. The third-order valence-electron chi connectivity index (χ3n) is 2.60. The number of para-hydroxylation sites is 1. The first kappa shape index (κ1) is 13.6. The van der Waals surface area contributed by atoms with E-state index in [4.69, 9.17) is 10.5 Å². The number of rotatable bonds is 4. The molecule has 4 heteroatoms. The van der Waals surface area contributed by atoms with Crippen LogP contribution < -0.4 is 10.5 Å². The molecular weight excluding hydrogens is 358 g/mol. The Labute approximate surface area is 123 Å². The van der Waals surface area contributed by atoms with E-state index >= 15 is 0 Å². The first-order valence-corrected chi connectivity index (χ1v) is 7.14. The van der Waals surface area contributed by atoms with Gasteiger partial charge in [-0.05, 0) is 28.1 Å². The Morgan fingerprint density at radius 2 is 1.56 bits per heavy atom. The van der Waals surface area contributed by atoms with E-state index in [-0.39, 0.29) is 0 Å². The highest BCUT2D eigenvalue weighted by atomic mass is 79.9. The van der Waals surface area contributed by atoms with Crippen LogP contribution >= 0.6 is 31.9 Å². The van der Waals surface area contributed by atoms with E-state index in [1.54, 1.807) is 0 Å². The van der Waals surface area contributed by atoms with Crippen LogP contribution in [0.1, 0.15) is 11.1 Å². The molecule has 0 saturated heterocycles. The van der Waals surface area contributed by atoms with Crippen molar-refractivity contribution in [3.8, 4) is 5.75 Å². The molecule has 0 aliphatic carbocycles. The minimum absolute atomic E-state index is 0.463. The highest BCUT2D eigenvalue weighted by Gasteiger charge is 2.08. The van der Waals surface area contributed by atoms with Gasteiger partial charge < -0.3 is 10.5 Å². The van der Waals surface area contributed by atoms with Crippen molar-refractivity contribution >= 4 is 31.9 Å². The zero-order valence-electron chi connectivity index (χ0n) is 9.70. The highest BCUT2D eigenvalue weighted by Crippen LogP contribution is 2.30. The topological polar surface area (TPSA) is 35.2 Å². The number of hydrogen-bond acceptors (Lipinski definition) is 2. The summed E-state index contributed by atoms with van der Waals surface area (Å²) in [4.78, 5) is 0. The van der Waals surface area contributed by atoms with E-state index in [1.165, 1.54) is 0 Å². The minimum atomic E-state index is 0.463. The lowest BCUT2D eigenvalue weighted by atomic mass is 10.2. The van der Waals surface area contributed by atoms with Gasteiger partial charge in [-0.25, -0.2) is 0 Å². The Balaban J connectivity index is 2.18. The molecule has 0 saturated carbocycles. The van der Waals surface area contributed by atoms with Gasteiger partial charge in [-0.15, -0.1) is 0 Å². The fourth-order valence-corrected chi connectivity index (χ4v) is 2.56. The molecule has 2 N–H and O–H groups in total. The second-order valence-corrected chi connectivity index (χ2v) is 5.52. The molecule has 2 nitrogen and oxygen atoms in total. The molecule has 0 fully saturated rings. The summed E-state index contributed by atoms with van der Waals surface area (Å²) < 4.78 is 7.84. The molecule has 2 rings (SSSR count). The predicted octanol–water partition coefficient (Wildman–Crippen LogP) is 4.25. The van der Waals surface area contributed by atoms with Gasteiger partial charge in [-0.1, -0.05) is 46.3 Å². The van der Waals surface area contributed by atoms with Crippen LogP contribution in [0.5, 0.6) is 5.75 Å². The van der Waals surface area contributed by atoms with Gasteiger partial charge in [0.1, 0.15) is 12.4 Å². The van der Waals surface area contributed by atoms with Crippen molar-refractivity contribution in [3.63, 3.8) is 0 Å². The molecular formula is C14H13Br2NO. The summed E-state index contributed by atoms with van der Waals surface area (Å²) in [5.74, 6) is 0.816. The summed E-state index contributed by atoms with van der Waals surface area (Å²) >= 11 is 7.00. The van der Waals surface area contributed by atoms with Gasteiger partial charge >= 0.3 is 0 Å². The summed E-state index contributed by atoms with van der Waals surface area (Å²) in [6, 6.07) is 13.9. The summed E-state index contributed by atoms with van der Waals surface area (Å²) in [6.07, 6.45) is 0. The Morgan fingerprint density at radius 1 is 0.889 bits per heavy atom. The van der Waals surface area contributed by atoms with Gasteiger partial charge in [-0.3, -0.25) is 0 Å². The van der Waals surface area contributed by atoms with Crippen molar-refractivity contribution in [2.75, 3.05) is 0 Å². The van der Waals surface area contributed by atoms with Crippen molar-refractivity contribution in [1.29, 1.82) is 0 Å². The molecule has 94 valence electrons. The van der Waals surface area contributed by atoms with Crippen molar-refractivity contribution < 1.29 is 4.74 Å². The van der Waals surface area contributed by atoms with Crippen molar-refractivity contribution in [2.45, 2.75) is 13.2 Å². The number of nitrogens with two attached hydrogens (primary N) is 1. The quantitative estimate of drug-likeness (QED) is 0.873. The van der Waals surface area contributed by atoms with Gasteiger partial charge in [0.05, 0.1) is 4.47 Å².